The second-order valence-corrected chi connectivity index (χ2v) is 8.55. The van der Waals surface area contributed by atoms with Crippen LogP contribution in [0.4, 0.5) is 28.9 Å². The fraction of sp³-hybridized carbons (Fsp3) is 0.103. The Kier molecular flexibility index (Phi) is 8.85. The summed E-state index contributed by atoms with van der Waals surface area (Å²) in [5.41, 5.74) is 2.35. The first-order chi connectivity index (χ1) is 19.2. The van der Waals surface area contributed by atoms with Gasteiger partial charge in [0.25, 0.3) is 17.8 Å². The van der Waals surface area contributed by atoms with Gasteiger partial charge in [0.05, 0.1) is 17.9 Å². The second-order valence-electron chi connectivity index (χ2n) is 8.55. The van der Waals surface area contributed by atoms with Crippen molar-refractivity contribution >= 4 is 28.9 Å². The number of aliphatic imine (C=N–C) groups is 1. The third kappa shape index (κ3) is 6.68. The number of amides is 2. The van der Waals surface area contributed by atoms with Gasteiger partial charge in [-0.05, 0) is 13.0 Å². The van der Waals surface area contributed by atoms with Crippen LogP contribution < -0.4 is 16.0 Å². The Bertz CT molecular complexity index is 1520. The van der Waals surface area contributed by atoms with Crippen molar-refractivity contribution in [3.05, 3.63) is 125 Å². The molecule has 1 unspecified atom stereocenters. The zero-order valence-corrected chi connectivity index (χ0v) is 21.1. The lowest BCUT2D eigenvalue weighted by atomic mass is 10.0. The molecule has 2 heterocycles. The number of benzodiazepines with no additional fused rings is 1. The maximum atomic E-state index is 13.7. The number of anilines is 2. The molecular weight excluding hydrogens is 526 g/mol. The van der Waals surface area contributed by atoms with Gasteiger partial charge in [0.15, 0.2) is 0 Å². The number of carbonyl (C=O) groups excluding carboxylic acids is 2. The highest BCUT2D eigenvalue weighted by atomic mass is 19.2. The Morgan fingerprint density at radius 3 is 2.02 bits per heavy atom. The summed E-state index contributed by atoms with van der Waals surface area (Å²) in [5.74, 6) is -8.86. The zero-order chi connectivity index (χ0) is 28.6. The molecule has 0 radical (unpaired) electrons. The van der Waals surface area contributed by atoms with E-state index in [1.54, 1.807) is 48.5 Å². The van der Waals surface area contributed by atoms with Gasteiger partial charge in [-0.3, -0.25) is 9.59 Å². The lowest BCUT2D eigenvalue weighted by Gasteiger charge is -2.14. The van der Waals surface area contributed by atoms with Crippen molar-refractivity contribution in [3.8, 4) is 0 Å². The second kappa shape index (κ2) is 12.7. The largest absolute Gasteiger partial charge is 0.371 e. The minimum atomic E-state index is -1.87. The van der Waals surface area contributed by atoms with Crippen LogP contribution in [-0.2, 0) is 9.59 Å². The molecule has 1 aliphatic rings. The molecule has 0 bridgehead atoms. The maximum absolute atomic E-state index is 13.7. The monoisotopic (exact) mass is 549 g/mol. The summed E-state index contributed by atoms with van der Waals surface area (Å²) in [6.45, 7) is 1.28. The van der Waals surface area contributed by atoms with E-state index in [1.807, 2.05) is 29.6 Å². The van der Waals surface area contributed by atoms with Gasteiger partial charge in [0.1, 0.15) is 5.69 Å². The van der Waals surface area contributed by atoms with Gasteiger partial charge >= 0.3 is 0 Å². The Labute approximate surface area is 227 Å². The van der Waals surface area contributed by atoms with Gasteiger partial charge in [-0.15, -0.1) is 0 Å². The van der Waals surface area contributed by atoms with Gasteiger partial charge < -0.3 is 16.0 Å². The van der Waals surface area contributed by atoms with E-state index < -0.39 is 53.7 Å². The van der Waals surface area contributed by atoms with Crippen molar-refractivity contribution in [2.75, 3.05) is 17.2 Å². The number of aromatic nitrogens is 1. The molecule has 1 aliphatic heterocycles. The van der Waals surface area contributed by atoms with Crippen LogP contribution in [0.5, 0.6) is 0 Å². The molecule has 2 amide bonds. The average Bonchev–Trinajstić information content (AvgIpc) is 3.09. The first-order valence-electron chi connectivity index (χ1n) is 12.0. The number of hydrogen-bond acceptors (Lipinski definition) is 5. The van der Waals surface area contributed by atoms with E-state index in [0.29, 0.717) is 22.5 Å². The summed E-state index contributed by atoms with van der Waals surface area (Å²) in [4.78, 5) is 31.9. The highest BCUT2D eigenvalue weighted by molar-refractivity contribution is 6.19. The molecule has 4 aromatic rings. The summed E-state index contributed by atoms with van der Waals surface area (Å²) in [7, 11) is 0. The number of nitrogens with one attached hydrogen (secondary N) is 3. The molecule has 0 spiro atoms. The fourth-order valence-electron chi connectivity index (χ4n) is 3.73. The van der Waals surface area contributed by atoms with E-state index in [0.717, 1.165) is 0 Å². The van der Waals surface area contributed by atoms with Crippen molar-refractivity contribution in [1.29, 1.82) is 0 Å². The number of hydrogen-bond donors (Lipinski definition) is 3. The molecule has 3 aromatic carbocycles. The van der Waals surface area contributed by atoms with Gasteiger partial charge in [-0.2, -0.15) is 22.5 Å². The molecule has 11 heteroatoms. The summed E-state index contributed by atoms with van der Waals surface area (Å²) < 4.78 is 54.0. The number of benzene rings is 3. The van der Waals surface area contributed by atoms with Crippen LogP contribution >= 0.6 is 0 Å². The number of carbonyl (C=O) groups is 2. The normalized spacial score (nSPS) is 14.0. The smallest absolute Gasteiger partial charge is 0.269 e. The molecule has 3 N–H and O–H groups in total. The van der Waals surface area contributed by atoms with E-state index in [2.05, 4.69) is 39.7 Å². The Morgan fingerprint density at radius 1 is 0.850 bits per heavy atom. The molecule has 0 saturated heterocycles. The summed E-state index contributed by atoms with van der Waals surface area (Å²) in [5, 5.41) is 6.98. The topological polar surface area (TPSA) is 95.5 Å². The standard InChI is InChI=1S/C22H15F4N5O2.C7H8/c23-15-18(16(24)20(26)31-19(15)25)27-10-14(32)29-21-22(33)28-13-9-5-4-8-12(13)17(30-21)11-6-2-1-3-7-11;1-7-5-3-2-4-6-7/h1-9,21H,10H2,(H,27,31)(H,28,33)(H,29,32);2-6H,1H3. The Balaban J connectivity index is 0.000000461. The predicted molar refractivity (Wildman–Crippen MR) is 143 cm³/mol. The number of rotatable bonds is 5. The minimum Gasteiger partial charge on any atom is -0.371 e. The molecule has 7 nitrogen and oxygen atoms in total. The molecule has 204 valence electrons. The maximum Gasteiger partial charge on any atom is 0.269 e. The van der Waals surface area contributed by atoms with Crippen LogP contribution in [0.3, 0.4) is 0 Å². The van der Waals surface area contributed by atoms with Crippen molar-refractivity contribution in [2.24, 2.45) is 4.99 Å². The third-order valence-corrected chi connectivity index (χ3v) is 5.66. The first kappa shape index (κ1) is 28.0. The molecule has 0 aliphatic carbocycles. The van der Waals surface area contributed by atoms with E-state index >= 15 is 0 Å². The van der Waals surface area contributed by atoms with E-state index in [9.17, 15) is 27.2 Å². The fourth-order valence-corrected chi connectivity index (χ4v) is 3.73. The average molecular weight is 550 g/mol. The zero-order valence-electron chi connectivity index (χ0n) is 21.1. The number of aryl methyl sites for hydroxylation is 1. The molecule has 0 fully saturated rings. The van der Waals surface area contributed by atoms with Crippen LogP contribution in [0.25, 0.3) is 0 Å². The summed E-state index contributed by atoms with van der Waals surface area (Å²) in [6, 6.07) is 26.1. The Morgan fingerprint density at radius 2 is 1.43 bits per heavy atom. The van der Waals surface area contributed by atoms with Crippen LogP contribution in [0.1, 0.15) is 16.7 Å². The molecule has 40 heavy (non-hydrogen) atoms. The van der Waals surface area contributed by atoms with E-state index in [4.69, 9.17) is 0 Å². The molecule has 0 saturated carbocycles. The molecule has 1 aromatic heterocycles. The highest BCUT2D eigenvalue weighted by Crippen LogP contribution is 2.24. The quantitative estimate of drug-likeness (QED) is 0.242. The summed E-state index contributed by atoms with van der Waals surface area (Å²) in [6.07, 6.45) is -1.39. The lowest BCUT2D eigenvalue weighted by molar-refractivity contribution is -0.125. The van der Waals surface area contributed by atoms with Gasteiger partial charge in [0, 0.05) is 11.1 Å². The Hall–Kier alpha value is -5.06. The number of halogens is 4. The van der Waals surface area contributed by atoms with E-state index in [1.165, 1.54) is 5.56 Å². The number of nitrogens with zero attached hydrogens (tertiary/aromatic N) is 2. The van der Waals surface area contributed by atoms with Crippen molar-refractivity contribution in [2.45, 2.75) is 13.1 Å². The third-order valence-electron chi connectivity index (χ3n) is 5.66. The number of fused-ring (bicyclic) bond motifs is 1. The molecule has 1 atom stereocenters. The minimum absolute atomic E-state index is 0.429. The van der Waals surface area contributed by atoms with Gasteiger partial charge in [-0.1, -0.05) is 84.4 Å². The molecule has 5 rings (SSSR count). The highest BCUT2D eigenvalue weighted by Gasteiger charge is 2.27. The van der Waals surface area contributed by atoms with Crippen LogP contribution in [0, 0.1) is 30.5 Å². The van der Waals surface area contributed by atoms with Gasteiger partial charge in [0.2, 0.25) is 23.7 Å². The van der Waals surface area contributed by atoms with Crippen LogP contribution in [0.2, 0.25) is 0 Å². The lowest BCUT2D eigenvalue weighted by Crippen LogP contribution is -2.44. The van der Waals surface area contributed by atoms with Crippen molar-refractivity contribution in [1.82, 2.24) is 10.3 Å². The molecular formula is C29H23F4N5O2. The van der Waals surface area contributed by atoms with E-state index in [-0.39, 0.29) is 0 Å². The van der Waals surface area contributed by atoms with Crippen molar-refractivity contribution < 1.29 is 27.2 Å². The number of para-hydroxylation sites is 1. The summed E-state index contributed by atoms with van der Waals surface area (Å²) >= 11 is 0. The van der Waals surface area contributed by atoms with Crippen LogP contribution in [0.15, 0.2) is 89.9 Å². The van der Waals surface area contributed by atoms with Gasteiger partial charge in [-0.25, -0.2) is 4.99 Å². The van der Waals surface area contributed by atoms with Crippen molar-refractivity contribution in [3.63, 3.8) is 0 Å². The first-order valence-corrected chi connectivity index (χ1v) is 12.0. The predicted octanol–water partition coefficient (Wildman–Crippen LogP) is 4.98. The SMILES string of the molecule is Cc1ccccc1.O=C(CNc1c(F)c(F)nc(F)c1F)NC1N=C(c2ccccc2)c2ccccc2NC1=O. The number of pyridine rings is 1. The van der Waals surface area contributed by atoms with Crippen LogP contribution in [-0.4, -0.2) is 35.2 Å².